The lowest BCUT2D eigenvalue weighted by Gasteiger charge is -2.44. The van der Waals surface area contributed by atoms with Crippen LogP contribution in [0.2, 0.25) is 0 Å². The van der Waals surface area contributed by atoms with Crippen molar-refractivity contribution in [3.05, 3.63) is 0 Å². The molecule has 1 aliphatic carbocycles. The number of piperidine rings is 1. The summed E-state index contributed by atoms with van der Waals surface area (Å²) in [6, 6.07) is 0. The molecule has 3 atom stereocenters. The Bertz CT molecular complexity index is 493. The molecule has 1 saturated carbocycles. The van der Waals surface area contributed by atoms with E-state index < -0.39 is 0 Å². The van der Waals surface area contributed by atoms with Crippen molar-refractivity contribution >= 4 is 11.9 Å². The number of likely N-dealkylation sites (tertiary alicyclic amines) is 1. The lowest BCUT2D eigenvalue weighted by molar-refractivity contribution is -0.119. The van der Waals surface area contributed by atoms with Gasteiger partial charge in [-0.15, -0.1) is 0 Å². The van der Waals surface area contributed by atoms with Crippen LogP contribution in [0.1, 0.15) is 58.8 Å². The molecule has 26 heavy (non-hydrogen) atoms. The second-order valence-electron chi connectivity index (χ2n) is 8.62. The molecule has 6 heteroatoms. The number of hydrogen-bond acceptors (Lipinski definition) is 3. The average Bonchev–Trinajstić information content (AvgIpc) is 2.58. The Labute approximate surface area is 159 Å². The molecule has 0 aromatic carbocycles. The van der Waals surface area contributed by atoms with Crippen molar-refractivity contribution in [2.45, 2.75) is 64.3 Å². The minimum absolute atomic E-state index is 0.167. The Morgan fingerprint density at radius 1 is 1.35 bits per heavy atom. The van der Waals surface area contributed by atoms with E-state index in [-0.39, 0.29) is 11.4 Å². The normalized spacial score (nSPS) is 30.5. The van der Waals surface area contributed by atoms with Crippen molar-refractivity contribution < 1.29 is 4.79 Å². The third-order valence-corrected chi connectivity index (χ3v) is 6.18. The molecular weight excluding hydrogens is 326 g/mol. The number of likely N-dealkylation sites (N-methyl/N-ethyl adjacent to an activating group) is 1. The summed E-state index contributed by atoms with van der Waals surface area (Å²) in [6.45, 7) is 8.06. The first-order valence-electron chi connectivity index (χ1n) is 10.4. The number of amides is 1. The van der Waals surface area contributed by atoms with Gasteiger partial charge in [0.1, 0.15) is 0 Å². The quantitative estimate of drug-likeness (QED) is 0.558. The summed E-state index contributed by atoms with van der Waals surface area (Å²) in [5.74, 6) is 1.92. The SMILES string of the molecule is CCNC(=NCC1(N(C)C)CCCC(C)C1)N1CCCC(CC(N)=O)C1. The van der Waals surface area contributed by atoms with E-state index in [1.54, 1.807) is 0 Å². The van der Waals surface area contributed by atoms with Gasteiger partial charge in [-0.05, 0) is 58.5 Å². The van der Waals surface area contributed by atoms with Crippen LogP contribution in [0.5, 0.6) is 0 Å². The van der Waals surface area contributed by atoms with Crippen LogP contribution in [-0.4, -0.2) is 67.5 Å². The molecule has 3 unspecified atom stereocenters. The monoisotopic (exact) mass is 365 g/mol. The maximum atomic E-state index is 11.3. The van der Waals surface area contributed by atoms with E-state index in [0.717, 1.165) is 50.9 Å². The highest BCUT2D eigenvalue weighted by atomic mass is 16.1. The fourth-order valence-corrected chi connectivity index (χ4v) is 4.68. The molecule has 0 bridgehead atoms. The topological polar surface area (TPSA) is 74.0 Å². The van der Waals surface area contributed by atoms with Crippen molar-refractivity contribution in [3.63, 3.8) is 0 Å². The number of nitrogens with two attached hydrogens (primary N) is 1. The third-order valence-electron chi connectivity index (χ3n) is 6.18. The maximum absolute atomic E-state index is 11.3. The van der Waals surface area contributed by atoms with E-state index in [1.807, 2.05) is 0 Å². The molecule has 2 aliphatic rings. The molecule has 0 spiro atoms. The van der Waals surface area contributed by atoms with Gasteiger partial charge in [-0.25, -0.2) is 0 Å². The Morgan fingerprint density at radius 2 is 2.12 bits per heavy atom. The molecule has 2 fully saturated rings. The lowest BCUT2D eigenvalue weighted by atomic mass is 9.75. The highest BCUT2D eigenvalue weighted by Crippen LogP contribution is 2.36. The Hall–Kier alpha value is -1.30. The molecule has 6 nitrogen and oxygen atoms in total. The molecule has 1 heterocycles. The van der Waals surface area contributed by atoms with Crippen molar-refractivity contribution in [2.75, 3.05) is 40.3 Å². The highest BCUT2D eigenvalue weighted by molar-refractivity contribution is 5.80. The number of guanidine groups is 1. The lowest BCUT2D eigenvalue weighted by Crippen LogP contribution is -2.52. The fourth-order valence-electron chi connectivity index (χ4n) is 4.68. The van der Waals surface area contributed by atoms with Gasteiger partial charge in [-0.2, -0.15) is 0 Å². The first kappa shape index (κ1) is 21.0. The van der Waals surface area contributed by atoms with Gasteiger partial charge in [-0.1, -0.05) is 19.8 Å². The highest BCUT2D eigenvalue weighted by Gasteiger charge is 2.37. The van der Waals surface area contributed by atoms with E-state index in [9.17, 15) is 4.79 Å². The minimum atomic E-state index is -0.193. The molecule has 1 saturated heterocycles. The van der Waals surface area contributed by atoms with Gasteiger partial charge in [0.25, 0.3) is 0 Å². The number of carbonyl (C=O) groups is 1. The van der Waals surface area contributed by atoms with Crippen molar-refractivity contribution in [1.29, 1.82) is 0 Å². The van der Waals surface area contributed by atoms with Gasteiger partial charge in [0.15, 0.2) is 5.96 Å². The zero-order valence-electron chi connectivity index (χ0n) is 17.3. The molecule has 1 amide bonds. The smallest absolute Gasteiger partial charge is 0.217 e. The Balaban J connectivity index is 2.10. The molecule has 150 valence electrons. The number of carbonyl (C=O) groups excluding carboxylic acids is 1. The first-order chi connectivity index (χ1) is 12.4. The molecule has 2 rings (SSSR count). The van der Waals surface area contributed by atoms with Gasteiger partial charge in [0.2, 0.25) is 5.91 Å². The summed E-state index contributed by atoms with van der Waals surface area (Å²) in [5, 5.41) is 3.47. The van der Waals surface area contributed by atoms with Crippen LogP contribution >= 0.6 is 0 Å². The molecule has 0 radical (unpaired) electrons. The van der Waals surface area contributed by atoms with E-state index in [0.29, 0.717) is 12.3 Å². The van der Waals surface area contributed by atoms with Crippen LogP contribution in [0.4, 0.5) is 0 Å². The van der Waals surface area contributed by atoms with Crippen LogP contribution < -0.4 is 11.1 Å². The second-order valence-corrected chi connectivity index (χ2v) is 8.62. The zero-order chi connectivity index (χ0) is 19.2. The summed E-state index contributed by atoms with van der Waals surface area (Å²) in [7, 11) is 4.40. The fraction of sp³-hybridized carbons (Fsp3) is 0.900. The predicted molar refractivity (Wildman–Crippen MR) is 108 cm³/mol. The van der Waals surface area contributed by atoms with Gasteiger partial charge >= 0.3 is 0 Å². The second kappa shape index (κ2) is 9.58. The predicted octanol–water partition coefficient (Wildman–Crippen LogP) is 2.05. The van der Waals surface area contributed by atoms with Crippen LogP contribution in [0.3, 0.4) is 0 Å². The van der Waals surface area contributed by atoms with Gasteiger partial charge in [-0.3, -0.25) is 9.79 Å². The maximum Gasteiger partial charge on any atom is 0.217 e. The number of hydrogen-bond donors (Lipinski definition) is 2. The summed E-state index contributed by atoms with van der Waals surface area (Å²) in [6.07, 6.45) is 7.71. The zero-order valence-corrected chi connectivity index (χ0v) is 17.3. The number of aliphatic imine (C=N–C) groups is 1. The molecular formula is C20H39N5O. The summed E-state index contributed by atoms with van der Waals surface area (Å²) in [5.41, 5.74) is 5.58. The van der Waals surface area contributed by atoms with Gasteiger partial charge < -0.3 is 20.9 Å². The van der Waals surface area contributed by atoms with Gasteiger partial charge in [0, 0.05) is 31.6 Å². The Morgan fingerprint density at radius 3 is 2.73 bits per heavy atom. The third kappa shape index (κ3) is 5.60. The number of nitrogens with zero attached hydrogens (tertiary/aromatic N) is 3. The first-order valence-corrected chi connectivity index (χ1v) is 10.4. The largest absolute Gasteiger partial charge is 0.370 e. The van der Waals surface area contributed by atoms with Crippen molar-refractivity contribution in [2.24, 2.45) is 22.6 Å². The molecule has 3 N–H and O–H groups in total. The summed E-state index contributed by atoms with van der Waals surface area (Å²) >= 11 is 0. The van der Waals surface area contributed by atoms with Gasteiger partial charge in [0.05, 0.1) is 6.54 Å². The van der Waals surface area contributed by atoms with E-state index in [4.69, 9.17) is 10.7 Å². The molecule has 0 aromatic rings. The molecule has 0 aromatic heterocycles. The van der Waals surface area contributed by atoms with Crippen LogP contribution in [0.25, 0.3) is 0 Å². The van der Waals surface area contributed by atoms with E-state index >= 15 is 0 Å². The van der Waals surface area contributed by atoms with Crippen LogP contribution in [0.15, 0.2) is 4.99 Å². The van der Waals surface area contributed by atoms with E-state index in [1.165, 1.54) is 25.7 Å². The Kier molecular flexibility index (Phi) is 7.74. The standard InChI is InChI=1S/C20H39N5O/c1-5-22-19(25-11-7-9-17(14-25)12-18(21)26)23-15-20(24(3)4)10-6-8-16(2)13-20/h16-17H,5-15H2,1-4H3,(H2,21,26)(H,22,23). The number of primary amides is 1. The average molecular weight is 366 g/mol. The van der Waals surface area contributed by atoms with E-state index in [2.05, 4.69) is 43.1 Å². The van der Waals surface area contributed by atoms with Crippen LogP contribution in [-0.2, 0) is 4.79 Å². The summed E-state index contributed by atoms with van der Waals surface area (Å²) in [4.78, 5) is 21.1. The number of rotatable bonds is 6. The molecule has 1 aliphatic heterocycles. The summed E-state index contributed by atoms with van der Waals surface area (Å²) < 4.78 is 0. The van der Waals surface area contributed by atoms with Crippen LogP contribution in [0, 0.1) is 11.8 Å². The van der Waals surface area contributed by atoms with Crippen molar-refractivity contribution in [3.8, 4) is 0 Å². The number of nitrogens with one attached hydrogen (secondary N) is 1. The van der Waals surface area contributed by atoms with Crippen molar-refractivity contribution in [1.82, 2.24) is 15.1 Å². The minimum Gasteiger partial charge on any atom is -0.370 e.